The number of halogens is 1. The van der Waals surface area contributed by atoms with E-state index in [9.17, 15) is 0 Å². The molecule has 1 fully saturated rings. The Bertz CT molecular complexity index is 200. The van der Waals surface area contributed by atoms with Crippen LogP contribution in [0.4, 0.5) is 0 Å². The topological polar surface area (TPSA) is 50.4 Å². The Hall–Kier alpha value is 0. The molecule has 0 spiro atoms. The van der Waals surface area contributed by atoms with E-state index in [2.05, 4.69) is 17.2 Å². The maximum absolute atomic E-state index is 5.62. The predicted molar refractivity (Wildman–Crippen MR) is 81.4 cm³/mol. The normalized spacial score (nSPS) is 20.0. The Kier molecular flexibility index (Phi) is 9.07. The van der Waals surface area contributed by atoms with Gasteiger partial charge in [0.1, 0.15) is 0 Å². The molecule has 1 atom stereocenters. The number of nitrogens with zero attached hydrogens (tertiary/aromatic N) is 1. The summed E-state index contributed by atoms with van der Waals surface area (Å²) in [5.74, 6) is 1.52. The van der Waals surface area contributed by atoms with Crippen molar-refractivity contribution in [3.05, 3.63) is 0 Å². The van der Waals surface area contributed by atoms with Gasteiger partial charge >= 0.3 is 0 Å². The van der Waals surface area contributed by atoms with E-state index in [4.69, 9.17) is 5.73 Å². The van der Waals surface area contributed by atoms with Gasteiger partial charge in [0.05, 0.1) is 0 Å². The molecule has 0 amide bonds. The molecule has 1 rings (SSSR count). The number of hydrogen-bond donors (Lipinski definition) is 2. The molecule has 0 heterocycles. The second-order valence-electron chi connectivity index (χ2n) is 4.74. The van der Waals surface area contributed by atoms with Crippen LogP contribution in [0.5, 0.6) is 0 Å². The second kappa shape index (κ2) is 9.07. The van der Waals surface area contributed by atoms with Crippen molar-refractivity contribution >= 4 is 29.9 Å². The minimum Gasteiger partial charge on any atom is -0.370 e. The van der Waals surface area contributed by atoms with Crippen LogP contribution < -0.4 is 11.1 Å². The summed E-state index contributed by atoms with van der Waals surface area (Å²) in [6.07, 6.45) is 9.73. The quantitative estimate of drug-likeness (QED) is 0.470. The minimum absolute atomic E-state index is 0. The lowest BCUT2D eigenvalue weighted by atomic mass is 9.85. The minimum atomic E-state index is 0. The maximum atomic E-state index is 5.62. The van der Waals surface area contributed by atoms with Crippen LogP contribution in [-0.4, -0.2) is 19.0 Å². The van der Waals surface area contributed by atoms with Crippen molar-refractivity contribution in [2.75, 3.05) is 7.05 Å². The third kappa shape index (κ3) is 6.55. The van der Waals surface area contributed by atoms with Crippen molar-refractivity contribution in [1.29, 1.82) is 0 Å². The highest BCUT2D eigenvalue weighted by Gasteiger charge is 2.14. The van der Waals surface area contributed by atoms with Crippen LogP contribution in [0, 0.1) is 5.92 Å². The lowest BCUT2D eigenvalue weighted by Crippen LogP contribution is -2.38. The van der Waals surface area contributed by atoms with Crippen molar-refractivity contribution < 1.29 is 0 Å². The molecular weight excluding hydrogens is 313 g/mol. The van der Waals surface area contributed by atoms with E-state index in [0.717, 1.165) is 5.92 Å². The van der Waals surface area contributed by atoms with Gasteiger partial charge in [0.25, 0.3) is 0 Å². The summed E-state index contributed by atoms with van der Waals surface area (Å²) in [6.45, 7) is 2.18. The maximum Gasteiger partial charge on any atom is 0.188 e. The van der Waals surface area contributed by atoms with Gasteiger partial charge < -0.3 is 11.1 Å². The van der Waals surface area contributed by atoms with Gasteiger partial charge in [0, 0.05) is 13.1 Å². The molecule has 0 saturated heterocycles. The van der Waals surface area contributed by atoms with E-state index in [1.807, 2.05) is 0 Å². The Balaban J connectivity index is 0.00000225. The Morgan fingerprint density at radius 1 is 1.38 bits per heavy atom. The third-order valence-electron chi connectivity index (χ3n) is 3.37. The molecule has 1 unspecified atom stereocenters. The van der Waals surface area contributed by atoms with Gasteiger partial charge in [-0.15, -0.1) is 24.0 Å². The molecule has 0 aromatic heterocycles. The summed E-state index contributed by atoms with van der Waals surface area (Å²) >= 11 is 0. The van der Waals surface area contributed by atoms with Crippen molar-refractivity contribution in [2.24, 2.45) is 16.6 Å². The van der Waals surface area contributed by atoms with Crippen LogP contribution in [0.2, 0.25) is 0 Å². The van der Waals surface area contributed by atoms with Gasteiger partial charge in [-0.1, -0.05) is 32.1 Å². The van der Waals surface area contributed by atoms with Gasteiger partial charge in [-0.25, -0.2) is 0 Å². The van der Waals surface area contributed by atoms with E-state index in [0.29, 0.717) is 12.0 Å². The summed E-state index contributed by atoms with van der Waals surface area (Å²) < 4.78 is 0. The highest BCUT2D eigenvalue weighted by Crippen LogP contribution is 2.27. The first-order valence-corrected chi connectivity index (χ1v) is 6.21. The fourth-order valence-corrected chi connectivity index (χ4v) is 2.35. The van der Waals surface area contributed by atoms with Crippen LogP contribution in [0.3, 0.4) is 0 Å². The molecule has 16 heavy (non-hydrogen) atoms. The molecule has 96 valence electrons. The highest BCUT2D eigenvalue weighted by molar-refractivity contribution is 14.0. The number of nitrogens with two attached hydrogens (primary N) is 1. The van der Waals surface area contributed by atoms with Crippen molar-refractivity contribution in [3.8, 4) is 0 Å². The molecule has 4 heteroatoms. The number of rotatable bonds is 4. The van der Waals surface area contributed by atoms with E-state index in [1.54, 1.807) is 7.05 Å². The number of aliphatic imine (C=N–C) groups is 1. The lowest BCUT2D eigenvalue weighted by Gasteiger charge is -2.23. The van der Waals surface area contributed by atoms with Crippen LogP contribution >= 0.6 is 24.0 Å². The zero-order valence-corrected chi connectivity index (χ0v) is 12.9. The first-order chi connectivity index (χ1) is 7.22. The average Bonchev–Trinajstić information content (AvgIpc) is 2.27. The Labute approximate surface area is 117 Å². The van der Waals surface area contributed by atoms with Crippen molar-refractivity contribution in [2.45, 2.75) is 57.9 Å². The Morgan fingerprint density at radius 2 is 2.00 bits per heavy atom. The molecule has 0 aliphatic heterocycles. The molecular formula is C12H26IN3. The zero-order valence-electron chi connectivity index (χ0n) is 10.5. The van der Waals surface area contributed by atoms with E-state index < -0.39 is 0 Å². The molecule has 3 nitrogen and oxygen atoms in total. The van der Waals surface area contributed by atoms with E-state index in [-0.39, 0.29) is 24.0 Å². The molecule has 1 saturated carbocycles. The molecule has 0 aromatic rings. The number of hydrogen-bond acceptors (Lipinski definition) is 1. The number of guanidine groups is 1. The number of nitrogens with one attached hydrogen (secondary N) is 1. The average molecular weight is 339 g/mol. The van der Waals surface area contributed by atoms with Crippen molar-refractivity contribution in [1.82, 2.24) is 5.32 Å². The molecule has 1 aliphatic rings. The fraction of sp³-hybridized carbons (Fsp3) is 0.917. The van der Waals surface area contributed by atoms with Gasteiger partial charge in [0.15, 0.2) is 5.96 Å². The zero-order chi connectivity index (χ0) is 11.1. The van der Waals surface area contributed by atoms with Gasteiger partial charge in [-0.3, -0.25) is 4.99 Å². The SMILES string of the molecule is CN=C(N)NC(C)CCC1CCCCC1.I. The van der Waals surface area contributed by atoms with Crippen LogP contribution in [0.25, 0.3) is 0 Å². The van der Waals surface area contributed by atoms with Gasteiger partial charge in [-0.05, 0) is 25.7 Å². The molecule has 3 N–H and O–H groups in total. The lowest BCUT2D eigenvalue weighted by molar-refractivity contribution is 0.322. The first kappa shape index (κ1) is 16.0. The van der Waals surface area contributed by atoms with Gasteiger partial charge in [0.2, 0.25) is 0 Å². The summed E-state index contributed by atoms with van der Waals surface area (Å²) in [7, 11) is 1.72. The van der Waals surface area contributed by atoms with E-state index >= 15 is 0 Å². The summed E-state index contributed by atoms with van der Waals surface area (Å²) in [5, 5.41) is 3.20. The Morgan fingerprint density at radius 3 is 2.56 bits per heavy atom. The molecule has 0 bridgehead atoms. The summed E-state index contributed by atoms with van der Waals surface area (Å²) in [5.41, 5.74) is 5.62. The van der Waals surface area contributed by atoms with Crippen LogP contribution in [-0.2, 0) is 0 Å². The molecule has 1 aliphatic carbocycles. The molecule has 0 radical (unpaired) electrons. The largest absolute Gasteiger partial charge is 0.370 e. The van der Waals surface area contributed by atoms with E-state index in [1.165, 1.54) is 44.9 Å². The van der Waals surface area contributed by atoms with Crippen molar-refractivity contribution in [3.63, 3.8) is 0 Å². The first-order valence-electron chi connectivity index (χ1n) is 6.21. The summed E-state index contributed by atoms with van der Waals surface area (Å²) in [6, 6.07) is 0.454. The fourth-order valence-electron chi connectivity index (χ4n) is 2.35. The van der Waals surface area contributed by atoms with Crippen LogP contribution in [0.1, 0.15) is 51.9 Å². The highest BCUT2D eigenvalue weighted by atomic mass is 127. The summed E-state index contributed by atoms with van der Waals surface area (Å²) in [4.78, 5) is 3.91. The van der Waals surface area contributed by atoms with Crippen LogP contribution in [0.15, 0.2) is 4.99 Å². The predicted octanol–water partition coefficient (Wildman–Crippen LogP) is 2.89. The standard InChI is InChI=1S/C12H25N3.HI/c1-10(15-12(13)14-2)8-9-11-6-4-3-5-7-11;/h10-11H,3-9H2,1-2H3,(H3,13,14,15);1H. The monoisotopic (exact) mass is 339 g/mol. The molecule has 0 aromatic carbocycles. The second-order valence-corrected chi connectivity index (χ2v) is 4.74. The van der Waals surface area contributed by atoms with Gasteiger partial charge in [-0.2, -0.15) is 0 Å². The smallest absolute Gasteiger partial charge is 0.188 e. The third-order valence-corrected chi connectivity index (χ3v) is 3.37.